The molecule has 0 saturated carbocycles. The number of aliphatic hydroxyl groups is 1. The van der Waals surface area contributed by atoms with Crippen LogP contribution < -0.4 is 10.1 Å². The average Bonchev–Trinajstić information content (AvgIpc) is 2.69. The maximum absolute atomic E-state index is 12.4. The van der Waals surface area contributed by atoms with Gasteiger partial charge >= 0.3 is 5.97 Å². The third kappa shape index (κ3) is 5.33. The number of hydrogen-bond donors (Lipinski definition) is 2. The van der Waals surface area contributed by atoms with Crippen molar-refractivity contribution in [2.75, 3.05) is 13.2 Å². The minimum atomic E-state index is -1.23. The van der Waals surface area contributed by atoms with E-state index in [-0.39, 0.29) is 13.2 Å². The second-order valence-electron chi connectivity index (χ2n) is 6.59. The Hall–Kier alpha value is -2.86. The third-order valence-electron chi connectivity index (χ3n) is 4.54. The lowest BCUT2D eigenvalue weighted by atomic mass is 10.0. The molecule has 1 amide bonds. The standard InChI is InChI=1S/C22H27NO5/c1-5-27-22(26)19(20(25)17-9-7-6-8-10-17)23-18(24)13-28-21-15(3)12-11-14(2)16(21)4/h6-12,19-20,25H,5,13H2,1-4H3,(H,23,24). The van der Waals surface area contributed by atoms with Crippen LogP contribution in [0.4, 0.5) is 0 Å². The van der Waals surface area contributed by atoms with Gasteiger partial charge in [0.05, 0.1) is 6.61 Å². The van der Waals surface area contributed by atoms with Crippen LogP contribution in [0.2, 0.25) is 0 Å². The highest BCUT2D eigenvalue weighted by molar-refractivity contribution is 5.86. The lowest BCUT2D eigenvalue weighted by molar-refractivity contribution is -0.151. The first-order valence-corrected chi connectivity index (χ1v) is 9.23. The summed E-state index contributed by atoms with van der Waals surface area (Å²) in [5.74, 6) is -0.574. The first kappa shape index (κ1) is 21.4. The van der Waals surface area contributed by atoms with Gasteiger partial charge in [0.1, 0.15) is 11.9 Å². The summed E-state index contributed by atoms with van der Waals surface area (Å²) < 4.78 is 10.7. The van der Waals surface area contributed by atoms with Gasteiger partial charge in [-0.25, -0.2) is 4.79 Å². The first-order valence-electron chi connectivity index (χ1n) is 9.23. The Kier molecular flexibility index (Phi) is 7.58. The Morgan fingerprint density at radius 2 is 1.68 bits per heavy atom. The summed E-state index contributed by atoms with van der Waals surface area (Å²) >= 11 is 0. The second kappa shape index (κ2) is 9.90. The molecular weight excluding hydrogens is 358 g/mol. The van der Waals surface area contributed by atoms with Crippen LogP contribution in [-0.2, 0) is 14.3 Å². The number of ether oxygens (including phenoxy) is 2. The topological polar surface area (TPSA) is 84.9 Å². The van der Waals surface area contributed by atoms with E-state index in [1.807, 2.05) is 32.9 Å². The minimum Gasteiger partial charge on any atom is -0.483 e. The van der Waals surface area contributed by atoms with Crippen molar-refractivity contribution < 1.29 is 24.2 Å². The zero-order valence-corrected chi connectivity index (χ0v) is 16.7. The quantitative estimate of drug-likeness (QED) is 0.683. The molecule has 0 bridgehead atoms. The van der Waals surface area contributed by atoms with Gasteiger partial charge in [-0.05, 0) is 49.9 Å². The van der Waals surface area contributed by atoms with Gasteiger partial charge in [0, 0.05) is 0 Å². The lowest BCUT2D eigenvalue weighted by Crippen LogP contribution is -2.47. The molecule has 2 atom stereocenters. The highest BCUT2D eigenvalue weighted by Crippen LogP contribution is 2.25. The van der Waals surface area contributed by atoms with E-state index in [0.717, 1.165) is 16.7 Å². The van der Waals surface area contributed by atoms with Crippen molar-refractivity contribution in [1.82, 2.24) is 5.32 Å². The normalized spacial score (nSPS) is 12.8. The highest BCUT2D eigenvalue weighted by atomic mass is 16.5. The smallest absolute Gasteiger partial charge is 0.331 e. The summed E-state index contributed by atoms with van der Waals surface area (Å²) in [4.78, 5) is 24.7. The Morgan fingerprint density at radius 1 is 1.04 bits per heavy atom. The van der Waals surface area contributed by atoms with Crippen molar-refractivity contribution in [1.29, 1.82) is 0 Å². The van der Waals surface area contributed by atoms with E-state index in [1.165, 1.54) is 0 Å². The minimum absolute atomic E-state index is 0.144. The largest absolute Gasteiger partial charge is 0.483 e. The molecular formula is C22H27NO5. The Morgan fingerprint density at radius 3 is 2.32 bits per heavy atom. The van der Waals surface area contributed by atoms with Crippen LogP contribution in [-0.4, -0.2) is 36.2 Å². The molecule has 0 spiro atoms. The van der Waals surface area contributed by atoms with Gasteiger partial charge in [-0.2, -0.15) is 0 Å². The summed E-state index contributed by atoms with van der Waals surface area (Å²) in [6, 6.07) is 11.3. The molecule has 2 N–H and O–H groups in total. The van der Waals surface area contributed by atoms with E-state index in [2.05, 4.69) is 5.32 Å². The second-order valence-corrected chi connectivity index (χ2v) is 6.59. The molecule has 0 aliphatic rings. The summed E-state index contributed by atoms with van der Waals surface area (Å²) in [5.41, 5.74) is 3.44. The van der Waals surface area contributed by atoms with Crippen LogP contribution in [0.25, 0.3) is 0 Å². The molecule has 6 nitrogen and oxygen atoms in total. The van der Waals surface area contributed by atoms with Crippen molar-refractivity contribution in [3.8, 4) is 5.75 Å². The number of rotatable bonds is 8. The average molecular weight is 385 g/mol. The lowest BCUT2D eigenvalue weighted by Gasteiger charge is -2.23. The predicted molar refractivity (Wildman–Crippen MR) is 106 cm³/mol. The Labute approximate surface area is 165 Å². The summed E-state index contributed by atoms with van der Waals surface area (Å²) in [6.45, 7) is 7.33. The molecule has 0 heterocycles. The molecule has 28 heavy (non-hydrogen) atoms. The number of benzene rings is 2. The van der Waals surface area contributed by atoms with Crippen molar-refractivity contribution in [3.05, 3.63) is 64.7 Å². The molecule has 0 aromatic heterocycles. The van der Waals surface area contributed by atoms with Gasteiger partial charge in [0.25, 0.3) is 5.91 Å². The molecule has 6 heteroatoms. The van der Waals surface area contributed by atoms with Crippen LogP contribution in [0, 0.1) is 20.8 Å². The zero-order valence-electron chi connectivity index (χ0n) is 16.7. The molecule has 150 valence electrons. The van der Waals surface area contributed by atoms with Crippen molar-refractivity contribution in [2.24, 2.45) is 0 Å². The molecule has 0 aliphatic carbocycles. The van der Waals surface area contributed by atoms with E-state index in [0.29, 0.717) is 11.3 Å². The Balaban J connectivity index is 2.10. The maximum Gasteiger partial charge on any atom is 0.331 e. The molecule has 0 aliphatic heterocycles. The van der Waals surface area contributed by atoms with Crippen molar-refractivity contribution in [3.63, 3.8) is 0 Å². The SMILES string of the molecule is CCOC(=O)C(NC(=O)COc1c(C)ccc(C)c1C)C(O)c1ccccc1. The van der Waals surface area contributed by atoms with E-state index >= 15 is 0 Å². The zero-order chi connectivity index (χ0) is 20.7. The van der Waals surface area contributed by atoms with E-state index < -0.39 is 24.0 Å². The molecule has 0 fully saturated rings. The fraction of sp³-hybridized carbons (Fsp3) is 0.364. The number of carbonyl (C=O) groups is 2. The predicted octanol–water partition coefficient (Wildman–Crippen LogP) is 2.77. The van der Waals surface area contributed by atoms with Crippen LogP contribution in [0.3, 0.4) is 0 Å². The van der Waals surface area contributed by atoms with Crippen LogP contribution in [0.1, 0.15) is 35.3 Å². The fourth-order valence-corrected chi connectivity index (χ4v) is 2.84. The van der Waals surface area contributed by atoms with Crippen LogP contribution in [0.15, 0.2) is 42.5 Å². The Bertz CT molecular complexity index is 819. The number of aryl methyl sites for hydroxylation is 2. The van der Waals surface area contributed by atoms with E-state index in [9.17, 15) is 14.7 Å². The van der Waals surface area contributed by atoms with Gasteiger partial charge in [-0.3, -0.25) is 4.79 Å². The van der Waals surface area contributed by atoms with E-state index in [1.54, 1.807) is 37.3 Å². The van der Waals surface area contributed by atoms with Gasteiger partial charge in [0.15, 0.2) is 12.6 Å². The first-order chi connectivity index (χ1) is 13.3. The third-order valence-corrected chi connectivity index (χ3v) is 4.54. The van der Waals surface area contributed by atoms with Crippen molar-refractivity contribution >= 4 is 11.9 Å². The maximum atomic E-state index is 12.4. The molecule has 2 aromatic carbocycles. The number of carbonyl (C=O) groups excluding carboxylic acids is 2. The molecule has 2 unspecified atom stereocenters. The summed E-state index contributed by atoms with van der Waals surface area (Å²) in [7, 11) is 0. The molecule has 2 aromatic rings. The van der Waals surface area contributed by atoms with Gasteiger partial charge in [0.2, 0.25) is 0 Å². The van der Waals surface area contributed by atoms with Gasteiger partial charge in [-0.1, -0.05) is 42.5 Å². The fourth-order valence-electron chi connectivity index (χ4n) is 2.84. The summed E-state index contributed by atoms with van der Waals surface area (Å²) in [6.07, 6.45) is -1.23. The number of esters is 1. The van der Waals surface area contributed by atoms with Crippen LogP contribution >= 0.6 is 0 Å². The molecule has 2 rings (SSSR count). The molecule has 0 saturated heterocycles. The van der Waals surface area contributed by atoms with Gasteiger partial charge in [-0.15, -0.1) is 0 Å². The monoisotopic (exact) mass is 385 g/mol. The number of hydrogen-bond acceptors (Lipinski definition) is 5. The number of aliphatic hydroxyl groups excluding tert-OH is 1. The van der Waals surface area contributed by atoms with Crippen molar-refractivity contribution in [2.45, 2.75) is 39.8 Å². The van der Waals surface area contributed by atoms with Crippen LogP contribution in [0.5, 0.6) is 5.75 Å². The molecule has 0 radical (unpaired) electrons. The number of nitrogens with one attached hydrogen (secondary N) is 1. The summed E-state index contributed by atoms with van der Waals surface area (Å²) in [5, 5.41) is 13.1. The highest BCUT2D eigenvalue weighted by Gasteiger charge is 2.31. The van der Waals surface area contributed by atoms with E-state index in [4.69, 9.17) is 9.47 Å². The number of amides is 1. The van der Waals surface area contributed by atoms with Gasteiger partial charge < -0.3 is 19.9 Å².